The zero-order valence-corrected chi connectivity index (χ0v) is 17.4. The predicted molar refractivity (Wildman–Crippen MR) is 114 cm³/mol. The number of thioether (sulfide) groups is 1. The molecule has 0 amide bonds. The van der Waals surface area contributed by atoms with Crippen molar-refractivity contribution in [1.29, 1.82) is 0 Å². The standard InChI is InChI=1S/C19H22N6O4S/c1-3-9-24-15(20)14(16(27)23(2)19(24)29)13(26)11-30-18-22-21-17(28)25(18)10-12-7-5-4-6-8-12/h4-8H,3,9-11,20H2,1-2H3,(H,21,28). The number of carbonyl (C=O) groups excluding carboxylic acids is 1. The number of ketones is 1. The fraction of sp³-hybridized carbons (Fsp3) is 0.316. The summed E-state index contributed by atoms with van der Waals surface area (Å²) in [6.07, 6.45) is 0.615. The van der Waals surface area contributed by atoms with E-state index in [4.69, 9.17) is 5.73 Å². The molecule has 11 heteroatoms. The first kappa shape index (κ1) is 21.4. The highest BCUT2D eigenvalue weighted by molar-refractivity contribution is 7.99. The molecule has 3 rings (SSSR count). The van der Waals surface area contributed by atoms with Gasteiger partial charge < -0.3 is 5.73 Å². The Bertz CT molecular complexity index is 1240. The summed E-state index contributed by atoms with van der Waals surface area (Å²) in [5.74, 6) is -0.841. The topological polar surface area (TPSA) is 138 Å². The van der Waals surface area contributed by atoms with Gasteiger partial charge in [-0.3, -0.25) is 23.3 Å². The number of hydrogen-bond donors (Lipinski definition) is 2. The second-order valence-corrected chi connectivity index (χ2v) is 7.60. The smallest absolute Gasteiger partial charge is 0.344 e. The number of Topliss-reactive ketones (excluding diaryl/α,β-unsaturated/α-hetero) is 1. The second-order valence-electron chi connectivity index (χ2n) is 6.65. The molecule has 30 heavy (non-hydrogen) atoms. The highest BCUT2D eigenvalue weighted by atomic mass is 32.2. The van der Waals surface area contributed by atoms with Crippen LogP contribution in [0.25, 0.3) is 0 Å². The lowest BCUT2D eigenvalue weighted by atomic mass is 10.2. The average Bonchev–Trinajstić information content (AvgIpc) is 3.08. The lowest BCUT2D eigenvalue weighted by molar-refractivity contribution is 0.102. The molecule has 10 nitrogen and oxygen atoms in total. The lowest BCUT2D eigenvalue weighted by Gasteiger charge is -2.13. The number of carbonyl (C=O) groups is 1. The number of nitrogen functional groups attached to an aromatic ring is 1. The maximum atomic E-state index is 12.8. The zero-order valence-electron chi connectivity index (χ0n) is 16.6. The van der Waals surface area contributed by atoms with Crippen LogP contribution < -0.4 is 22.7 Å². The van der Waals surface area contributed by atoms with Gasteiger partial charge in [0.05, 0.1) is 12.3 Å². The van der Waals surface area contributed by atoms with E-state index in [0.29, 0.717) is 18.1 Å². The monoisotopic (exact) mass is 430 g/mol. The SMILES string of the molecule is CCCn1c(N)c(C(=O)CSc2n[nH]c(=O)n2Cc2ccccc2)c(=O)n(C)c1=O. The van der Waals surface area contributed by atoms with Crippen molar-refractivity contribution in [2.24, 2.45) is 7.05 Å². The van der Waals surface area contributed by atoms with E-state index in [1.54, 1.807) is 0 Å². The molecule has 0 unspecified atom stereocenters. The number of benzene rings is 1. The molecule has 2 aromatic heterocycles. The Morgan fingerprint density at radius 2 is 1.87 bits per heavy atom. The maximum absolute atomic E-state index is 12.8. The van der Waals surface area contributed by atoms with Crippen LogP contribution >= 0.6 is 11.8 Å². The minimum atomic E-state index is -0.737. The lowest BCUT2D eigenvalue weighted by Crippen LogP contribution is -2.42. The van der Waals surface area contributed by atoms with Gasteiger partial charge in [-0.2, -0.15) is 0 Å². The largest absolute Gasteiger partial charge is 0.384 e. The summed E-state index contributed by atoms with van der Waals surface area (Å²) in [4.78, 5) is 49.6. The van der Waals surface area contributed by atoms with Gasteiger partial charge in [0.15, 0.2) is 10.9 Å². The number of nitrogens with zero attached hydrogens (tertiary/aromatic N) is 4. The van der Waals surface area contributed by atoms with E-state index < -0.39 is 22.7 Å². The normalized spacial score (nSPS) is 11.0. The van der Waals surface area contributed by atoms with E-state index in [-0.39, 0.29) is 23.7 Å². The third-order valence-corrected chi connectivity index (χ3v) is 5.52. The molecule has 3 N–H and O–H groups in total. The number of nitrogens with two attached hydrogens (primary N) is 1. The summed E-state index contributed by atoms with van der Waals surface area (Å²) >= 11 is 1.02. The Balaban J connectivity index is 1.86. The van der Waals surface area contributed by atoms with Crippen LogP contribution in [0.1, 0.15) is 29.3 Å². The summed E-state index contributed by atoms with van der Waals surface area (Å²) in [6, 6.07) is 9.35. The van der Waals surface area contributed by atoms with Crippen LogP contribution in [0.3, 0.4) is 0 Å². The molecule has 0 aliphatic rings. The third kappa shape index (κ3) is 4.15. The van der Waals surface area contributed by atoms with E-state index in [9.17, 15) is 19.2 Å². The van der Waals surface area contributed by atoms with Crippen LogP contribution in [0.2, 0.25) is 0 Å². The number of aromatic amines is 1. The van der Waals surface area contributed by atoms with Gasteiger partial charge in [0.1, 0.15) is 11.4 Å². The van der Waals surface area contributed by atoms with E-state index in [0.717, 1.165) is 21.9 Å². The van der Waals surface area contributed by atoms with Crippen LogP contribution in [-0.4, -0.2) is 35.4 Å². The van der Waals surface area contributed by atoms with Crippen molar-refractivity contribution in [3.05, 3.63) is 72.8 Å². The van der Waals surface area contributed by atoms with Gasteiger partial charge in [-0.25, -0.2) is 14.7 Å². The highest BCUT2D eigenvalue weighted by Gasteiger charge is 2.22. The molecular formula is C19H22N6O4S. The van der Waals surface area contributed by atoms with Gasteiger partial charge in [-0.05, 0) is 12.0 Å². The van der Waals surface area contributed by atoms with Crippen LogP contribution in [0.5, 0.6) is 0 Å². The van der Waals surface area contributed by atoms with E-state index in [2.05, 4.69) is 10.2 Å². The van der Waals surface area contributed by atoms with Gasteiger partial charge in [0, 0.05) is 13.6 Å². The molecule has 3 aromatic rings. The summed E-state index contributed by atoms with van der Waals surface area (Å²) in [6.45, 7) is 2.44. The molecular weight excluding hydrogens is 408 g/mol. The van der Waals surface area contributed by atoms with Crippen molar-refractivity contribution in [1.82, 2.24) is 23.9 Å². The second kappa shape index (κ2) is 8.99. The Morgan fingerprint density at radius 3 is 2.53 bits per heavy atom. The number of aromatic nitrogens is 5. The van der Waals surface area contributed by atoms with Crippen LogP contribution in [0, 0.1) is 0 Å². The number of H-pyrrole nitrogens is 1. The molecule has 0 radical (unpaired) electrons. The summed E-state index contributed by atoms with van der Waals surface area (Å²) in [5.41, 5.74) is 4.96. The van der Waals surface area contributed by atoms with Crippen molar-refractivity contribution in [3.63, 3.8) is 0 Å². The highest BCUT2D eigenvalue weighted by Crippen LogP contribution is 2.17. The maximum Gasteiger partial charge on any atom is 0.344 e. The van der Waals surface area contributed by atoms with Crippen molar-refractivity contribution in [2.75, 3.05) is 11.5 Å². The van der Waals surface area contributed by atoms with E-state index in [1.807, 2.05) is 37.3 Å². The minimum Gasteiger partial charge on any atom is -0.384 e. The molecule has 0 fully saturated rings. The minimum absolute atomic E-state index is 0.140. The van der Waals surface area contributed by atoms with Crippen LogP contribution in [-0.2, 0) is 20.1 Å². The summed E-state index contributed by atoms with van der Waals surface area (Å²) < 4.78 is 3.51. The van der Waals surface area contributed by atoms with Gasteiger partial charge in [-0.1, -0.05) is 49.0 Å². The van der Waals surface area contributed by atoms with Crippen molar-refractivity contribution in [3.8, 4) is 0 Å². The first-order chi connectivity index (χ1) is 14.3. The van der Waals surface area contributed by atoms with Gasteiger partial charge in [-0.15, -0.1) is 5.10 Å². The average molecular weight is 430 g/mol. The first-order valence-corrected chi connectivity index (χ1v) is 10.3. The summed E-state index contributed by atoms with van der Waals surface area (Å²) in [7, 11) is 1.31. The van der Waals surface area contributed by atoms with Gasteiger partial charge >= 0.3 is 11.4 Å². The van der Waals surface area contributed by atoms with Gasteiger partial charge in [0.2, 0.25) is 0 Å². The number of rotatable bonds is 8. The molecule has 0 bridgehead atoms. The third-order valence-electron chi connectivity index (χ3n) is 4.55. The number of anilines is 1. The molecule has 0 atom stereocenters. The van der Waals surface area contributed by atoms with Crippen molar-refractivity contribution in [2.45, 2.75) is 31.6 Å². The predicted octanol–water partition coefficient (Wildman–Crippen LogP) is 0.447. The Hall–Kier alpha value is -3.34. The molecule has 0 saturated carbocycles. The fourth-order valence-corrected chi connectivity index (χ4v) is 3.82. The zero-order chi connectivity index (χ0) is 21.8. The van der Waals surface area contributed by atoms with Crippen LogP contribution in [0.4, 0.5) is 5.82 Å². The molecule has 0 aliphatic heterocycles. The Morgan fingerprint density at radius 1 is 1.17 bits per heavy atom. The summed E-state index contributed by atoms with van der Waals surface area (Å²) in [5, 5.41) is 6.66. The van der Waals surface area contributed by atoms with Crippen molar-refractivity contribution >= 4 is 23.4 Å². The van der Waals surface area contributed by atoms with Gasteiger partial charge in [0.25, 0.3) is 5.56 Å². The van der Waals surface area contributed by atoms with Crippen LogP contribution in [0.15, 0.2) is 49.9 Å². The molecule has 2 heterocycles. The number of nitrogens with one attached hydrogen (secondary N) is 1. The first-order valence-electron chi connectivity index (χ1n) is 9.29. The number of hydrogen-bond acceptors (Lipinski definition) is 7. The Labute approximate surface area is 175 Å². The van der Waals surface area contributed by atoms with Crippen molar-refractivity contribution < 1.29 is 4.79 Å². The Kier molecular flexibility index (Phi) is 6.40. The molecule has 0 aliphatic carbocycles. The van der Waals surface area contributed by atoms with E-state index >= 15 is 0 Å². The molecule has 1 aromatic carbocycles. The van der Waals surface area contributed by atoms with E-state index in [1.165, 1.54) is 16.2 Å². The molecule has 0 spiro atoms. The fourth-order valence-electron chi connectivity index (χ4n) is 3.01. The quantitative estimate of drug-likeness (QED) is 0.391. The molecule has 158 valence electrons. The molecule has 0 saturated heterocycles.